The Morgan fingerprint density at radius 1 is 1.10 bits per heavy atom. The van der Waals surface area contributed by atoms with Crippen molar-refractivity contribution in [1.82, 2.24) is 4.90 Å². The van der Waals surface area contributed by atoms with Gasteiger partial charge in [0.25, 0.3) is 0 Å². The van der Waals surface area contributed by atoms with Gasteiger partial charge in [-0.1, -0.05) is 36.4 Å². The van der Waals surface area contributed by atoms with Crippen molar-refractivity contribution in [3.05, 3.63) is 54.1 Å². The number of hydrogen-bond donors (Lipinski definition) is 4. The molecule has 0 radical (unpaired) electrons. The molecule has 1 heterocycles. The molecule has 6 N–H and O–H groups in total. The zero-order chi connectivity index (χ0) is 21.7. The van der Waals surface area contributed by atoms with Crippen LogP contribution in [-0.2, 0) is 9.59 Å². The van der Waals surface area contributed by atoms with Crippen molar-refractivity contribution in [3.63, 3.8) is 0 Å². The van der Waals surface area contributed by atoms with Crippen LogP contribution in [-0.4, -0.2) is 53.5 Å². The first-order valence-electron chi connectivity index (χ1n) is 9.76. The molecule has 2 aromatic carbocycles. The Labute approximate surface area is 174 Å². The van der Waals surface area contributed by atoms with Gasteiger partial charge in [-0.05, 0) is 35.6 Å². The highest BCUT2D eigenvalue weighted by molar-refractivity contribution is 5.95. The van der Waals surface area contributed by atoms with E-state index >= 15 is 0 Å². The van der Waals surface area contributed by atoms with Crippen molar-refractivity contribution in [2.45, 2.75) is 18.9 Å². The summed E-state index contributed by atoms with van der Waals surface area (Å²) in [4.78, 5) is 24.8. The van der Waals surface area contributed by atoms with Crippen molar-refractivity contribution >= 4 is 17.7 Å². The molecule has 158 valence electrons. The van der Waals surface area contributed by atoms with E-state index in [4.69, 9.17) is 26.7 Å². The molecule has 30 heavy (non-hydrogen) atoms. The van der Waals surface area contributed by atoms with Crippen LogP contribution in [0.2, 0.25) is 0 Å². The van der Waals surface area contributed by atoms with Gasteiger partial charge in [0.1, 0.15) is 18.2 Å². The standard InChI is InChI=1S/C22H26N4O4/c23-11-20(27)26-12-14(10-21(28)29)9-18(26)13-30-19-7-5-16(6-8-19)15-1-3-17(4-2-15)22(24)25/h1-8,14,18H,9-13,23H2,(H3,24,25)(H,28,29)/t14-,18-/m0/s1. The Hall–Kier alpha value is -3.39. The Kier molecular flexibility index (Phi) is 6.68. The van der Waals surface area contributed by atoms with Gasteiger partial charge in [-0.2, -0.15) is 0 Å². The molecule has 0 unspecified atom stereocenters. The van der Waals surface area contributed by atoms with Crippen LogP contribution in [0.4, 0.5) is 0 Å². The fraction of sp³-hybridized carbons (Fsp3) is 0.318. The summed E-state index contributed by atoms with van der Waals surface area (Å²) in [7, 11) is 0. The van der Waals surface area contributed by atoms with Crippen molar-refractivity contribution in [2.75, 3.05) is 19.7 Å². The molecule has 1 saturated heterocycles. The van der Waals surface area contributed by atoms with E-state index in [9.17, 15) is 9.59 Å². The Bertz CT molecular complexity index is 912. The molecule has 1 aliphatic rings. The summed E-state index contributed by atoms with van der Waals surface area (Å²) in [5, 5.41) is 16.5. The van der Waals surface area contributed by atoms with Gasteiger partial charge < -0.3 is 26.2 Å². The minimum absolute atomic E-state index is 0.0297. The predicted octanol–water partition coefficient (Wildman–Crippen LogP) is 1.67. The molecule has 3 rings (SSSR count). The van der Waals surface area contributed by atoms with Gasteiger partial charge in [-0.15, -0.1) is 0 Å². The third-order valence-corrected chi connectivity index (χ3v) is 5.29. The van der Waals surface area contributed by atoms with E-state index < -0.39 is 5.97 Å². The number of rotatable bonds is 8. The number of hydrogen-bond acceptors (Lipinski definition) is 5. The number of nitrogens with one attached hydrogen (secondary N) is 1. The second-order valence-corrected chi connectivity index (χ2v) is 7.43. The fourth-order valence-corrected chi connectivity index (χ4v) is 3.77. The molecule has 1 aliphatic heterocycles. The van der Waals surface area contributed by atoms with E-state index in [-0.39, 0.29) is 43.3 Å². The first-order chi connectivity index (χ1) is 14.4. The zero-order valence-electron chi connectivity index (χ0n) is 16.6. The van der Waals surface area contributed by atoms with E-state index in [0.717, 1.165) is 11.1 Å². The van der Waals surface area contributed by atoms with Gasteiger partial charge in [-0.25, -0.2) is 0 Å². The number of nitrogens with zero attached hydrogens (tertiary/aromatic N) is 1. The summed E-state index contributed by atoms with van der Waals surface area (Å²) >= 11 is 0. The predicted molar refractivity (Wildman–Crippen MR) is 113 cm³/mol. The third-order valence-electron chi connectivity index (χ3n) is 5.29. The van der Waals surface area contributed by atoms with E-state index in [1.165, 1.54) is 0 Å². The second-order valence-electron chi connectivity index (χ2n) is 7.43. The number of likely N-dealkylation sites (tertiary alicyclic amines) is 1. The smallest absolute Gasteiger partial charge is 0.303 e. The zero-order valence-corrected chi connectivity index (χ0v) is 16.6. The van der Waals surface area contributed by atoms with E-state index in [2.05, 4.69) is 0 Å². The molecule has 1 amide bonds. The van der Waals surface area contributed by atoms with Crippen LogP contribution in [0.25, 0.3) is 11.1 Å². The van der Waals surface area contributed by atoms with Gasteiger partial charge in [-0.3, -0.25) is 15.0 Å². The minimum Gasteiger partial charge on any atom is -0.491 e. The molecule has 2 atom stereocenters. The quantitative estimate of drug-likeness (QED) is 0.385. The summed E-state index contributed by atoms with van der Waals surface area (Å²) in [6, 6.07) is 14.8. The highest BCUT2D eigenvalue weighted by Gasteiger charge is 2.36. The van der Waals surface area contributed by atoms with Crippen LogP contribution < -0.4 is 16.2 Å². The number of carboxylic acids is 1. The number of ether oxygens (including phenoxy) is 1. The summed E-state index contributed by atoms with van der Waals surface area (Å²) in [6.07, 6.45) is 0.612. The lowest BCUT2D eigenvalue weighted by atomic mass is 10.0. The molecule has 8 nitrogen and oxygen atoms in total. The molecular weight excluding hydrogens is 384 g/mol. The maximum atomic E-state index is 12.1. The monoisotopic (exact) mass is 410 g/mol. The third kappa shape index (κ3) is 5.15. The highest BCUT2D eigenvalue weighted by atomic mass is 16.5. The second kappa shape index (κ2) is 9.41. The van der Waals surface area contributed by atoms with Crippen molar-refractivity contribution < 1.29 is 19.4 Å². The summed E-state index contributed by atoms with van der Waals surface area (Å²) in [5.74, 6) is -0.452. The molecule has 0 aliphatic carbocycles. The number of nitrogens with two attached hydrogens (primary N) is 2. The number of carbonyl (C=O) groups is 2. The average molecular weight is 410 g/mol. The van der Waals surface area contributed by atoms with E-state index in [0.29, 0.717) is 24.3 Å². The van der Waals surface area contributed by atoms with Crippen molar-refractivity contribution in [2.24, 2.45) is 17.4 Å². The Morgan fingerprint density at radius 2 is 1.70 bits per heavy atom. The first-order valence-corrected chi connectivity index (χ1v) is 9.76. The normalized spacial score (nSPS) is 18.2. The Morgan fingerprint density at radius 3 is 2.23 bits per heavy atom. The molecule has 8 heteroatoms. The summed E-state index contributed by atoms with van der Waals surface area (Å²) in [6.45, 7) is 0.577. The SMILES string of the molecule is N=C(N)c1ccc(-c2ccc(OC[C@@H]3C[C@@H](CC(=O)O)CN3C(=O)CN)cc2)cc1. The molecule has 1 fully saturated rings. The summed E-state index contributed by atoms with van der Waals surface area (Å²) in [5.41, 5.74) is 13.7. The van der Waals surface area contributed by atoms with Crippen LogP contribution in [0.3, 0.4) is 0 Å². The van der Waals surface area contributed by atoms with Gasteiger partial charge >= 0.3 is 5.97 Å². The largest absolute Gasteiger partial charge is 0.491 e. The van der Waals surface area contributed by atoms with Gasteiger partial charge in [0.15, 0.2) is 0 Å². The number of nitrogen functional groups attached to an aromatic ring is 1. The highest BCUT2D eigenvalue weighted by Crippen LogP contribution is 2.28. The van der Waals surface area contributed by atoms with Crippen LogP contribution in [0.15, 0.2) is 48.5 Å². The topological polar surface area (TPSA) is 143 Å². The number of aliphatic carboxylic acids is 1. The number of benzene rings is 2. The van der Waals surface area contributed by atoms with Crippen LogP contribution in [0.1, 0.15) is 18.4 Å². The lowest BCUT2D eigenvalue weighted by Crippen LogP contribution is -2.42. The van der Waals surface area contributed by atoms with Crippen LogP contribution >= 0.6 is 0 Å². The lowest BCUT2D eigenvalue weighted by Gasteiger charge is -2.24. The molecule has 0 aromatic heterocycles. The van der Waals surface area contributed by atoms with Gasteiger partial charge in [0, 0.05) is 18.5 Å². The van der Waals surface area contributed by atoms with Crippen molar-refractivity contribution in [3.8, 4) is 16.9 Å². The fourth-order valence-electron chi connectivity index (χ4n) is 3.77. The van der Waals surface area contributed by atoms with Crippen LogP contribution in [0, 0.1) is 11.3 Å². The van der Waals surface area contributed by atoms with Crippen LogP contribution in [0.5, 0.6) is 5.75 Å². The molecule has 0 spiro atoms. The van der Waals surface area contributed by atoms with Crippen molar-refractivity contribution in [1.29, 1.82) is 5.41 Å². The van der Waals surface area contributed by atoms with Gasteiger partial charge in [0.2, 0.25) is 5.91 Å². The molecular formula is C22H26N4O4. The lowest BCUT2D eigenvalue weighted by molar-refractivity contribution is -0.138. The maximum absolute atomic E-state index is 12.1. The average Bonchev–Trinajstić information content (AvgIpc) is 3.14. The van der Waals surface area contributed by atoms with E-state index in [1.807, 2.05) is 36.4 Å². The molecule has 0 bridgehead atoms. The number of carboxylic acid groups (broad SMARTS) is 1. The maximum Gasteiger partial charge on any atom is 0.303 e. The van der Waals surface area contributed by atoms with Gasteiger partial charge in [0.05, 0.1) is 12.6 Å². The minimum atomic E-state index is -0.867. The number of carbonyl (C=O) groups excluding carboxylic acids is 1. The van der Waals surface area contributed by atoms with E-state index in [1.54, 1.807) is 17.0 Å². The molecule has 2 aromatic rings. The number of amidine groups is 1. The first kappa shape index (κ1) is 21.3. The number of amides is 1. The molecule has 0 saturated carbocycles. The Balaban J connectivity index is 1.62. The summed E-state index contributed by atoms with van der Waals surface area (Å²) < 4.78 is 5.88.